The first-order chi connectivity index (χ1) is 9.22. The first kappa shape index (κ1) is 13.4. The summed E-state index contributed by atoms with van der Waals surface area (Å²) < 4.78 is 5.97. The van der Waals surface area contributed by atoms with Gasteiger partial charge < -0.3 is 14.8 Å². The number of para-hydroxylation sites is 1. The van der Waals surface area contributed by atoms with E-state index < -0.39 is 12.2 Å². The summed E-state index contributed by atoms with van der Waals surface area (Å²) in [7, 11) is 0. The van der Waals surface area contributed by atoms with Crippen LogP contribution in [0.2, 0.25) is 0 Å². The third-order valence-corrected chi connectivity index (χ3v) is 2.96. The fourth-order valence-electron chi connectivity index (χ4n) is 2.02. The minimum Gasteiger partial charge on any atom is -0.481 e. The van der Waals surface area contributed by atoms with E-state index in [9.17, 15) is 5.11 Å². The maximum Gasteiger partial charge on any atom is 0.164 e. The van der Waals surface area contributed by atoms with E-state index in [1.165, 1.54) is 0 Å². The molecule has 3 nitrogen and oxygen atoms in total. The molecular weight excluding hydrogens is 238 g/mol. The number of benzene rings is 1. The number of nitrogens with one attached hydrogen (secondary N) is 1. The molecule has 0 amide bonds. The van der Waals surface area contributed by atoms with Crippen LogP contribution in [0, 0.1) is 0 Å². The Morgan fingerprint density at radius 1 is 1.32 bits per heavy atom. The highest BCUT2D eigenvalue weighted by Gasteiger charge is 2.21. The van der Waals surface area contributed by atoms with E-state index in [0.717, 1.165) is 23.4 Å². The summed E-state index contributed by atoms with van der Waals surface area (Å²) in [5.74, 6) is 0.780. The second kappa shape index (κ2) is 6.25. The van der Waals surface area contributed by atoms with Gasteiger partial charge in [-0.2, -0.15) is 0 Å². The van der Waals surface area contributed by atoms with Crippen LogP contribution in [0.25, 0.3) is 0 Å². The quantitative estimate of drug-likeness (QED) is 0.780. The van der Waals surface area contributed by atoms with Crippen LogP contribution in [-0.4, -0.2) is 16.2 Å². The molecule has 100 valence electrons. The van der Waals surface area contributed by atoms with Gasteiger partial charge in [0, 0.05) is 6.20 Å². The summed E-state index contributed by atoms with van der Waals surface area (Å²) in [6.45, 7) is 5.47. The van der Waals surface area contributed by atoms with Crippen molar-refractivity contribution in [2.24, 2.45) is 0 Å². The summed E-state index contributed by atoms with van der Waals surface area (Å²) in [4.78, 5) is 3.09. The Kier molecular flexibility index (Phi) is 4.42. The summed E-state index contributed by atoms with van der Waals surface area (Å²) in [6.07, 6.45) is 3.40. The minimum atomic E-state index is -0.601. The number of ether oxygens (including phenoxy) is 1. The number of aliphatic hydroxyl groups excluding tert-OH is 1. The molecule has 1 heterocycles. The average Bonchev–Trinajstić information content (AvgIpc) is 2.91. The molecule has 2 atom stereocenters. The minimum absolute atomic E-state index is 0.402. The zero-order valence-electron chi connectivity index (χ0n) is 11.0. The van der Waals surface area contributed by atoms with Gasteiger partial charge in [0.25, 0.3) is 0 Å². The summed E-state index contributed by atoms with van der Waals surface area (Å²) in [5, 5.41) is 9.90. The van der Waals surface area contributed by atoms with Crippen LogP contribution in [0.5, 0.6) is 5.75 Å². The van der Waals surface area contributed by atoms with Gasteiger partial charge in [-0.05, 0) is 37.1 Å². The van der Waals surface area contributed by atoms with Crippen LogP contribution in [0.1, 0.15) is 24.3 Å². The van der Waals surface area contributed by atoms with Crippen molar-refractivity contribution >= 4 is 0 Å². The molecule has 0 saturated carbocycles. The molecule has 0 aliphatic rings. The topological polar surface area (TPSA) is 45.2 Å². The van der Waals surface area contributed by atoms with E-state index >= 15 is 0 Å². The van der Waals surface area contributed by atoms with E-state index in [4.69, 9.17) is 4.74 Å². The molecule has 3 heteroatoms. The van der Waals surface area contributed by atoms with Gasteiger partial charge >= 0.3 is 0 Å². The van der Waals surface area contributed by atoms with Crippen molar-refractivity contribution in [3.05, 3.63) is 66.5 Å². The largest absolute Gasteiger partial charge is 0.481 e. The van der Waals surface area contributed by atoms with E-state index in [1.807, 2.05) is 48.7 Å². The number of rotatable bonds is 6. The molecule has 2 unspecified atom stereocenters. The van der Waals surface area contributed by atoms with Crippen molar-refractivity contribution in [1.29, 1.82) is 0 Å². The number of hydrogen-bond donors (Lipinski definition) is 2. The van der Waals surface area contributed by atoms with Crippen molar-refractivity contribution in [2.75, 3.05) is 0 Å². The first-order valence-electron chi connectivity index (χ1n) is 6.39. The Morgan fingerprint density at radius 3 is 2.74 bits per heavy atom. The standard InChI is InChI=1S/C16H19NO2/c1-3-7-13-8-4-5-10-15(13)19-16(12(2)18)14-9-6-11-17-14/h3-6,8-12,16-18H,1,7H2,2H3. The molecule has 0 saturated heterocycles. The molecular formula is C16H19NO2. The molecule has 2 aromatic rings. The van der Waals surface area contributed by atoms with E-state index in [1.54, 1.807) is 6.92 Å². The second-order valence-electron chi connectivity index (χ2n) is 4.51. The van der Waals surface area contributed by atoms with Crippen molar-refractivity contribution in [1.82, 2.24) is 4.98 Å². The SMILES string of the molecule is C=CCc1ccccc1OC(c1ccc[nH]1)C(C)O. The average molecular weight is 257 g/mol. The van der Waals surface area contributed by atoms with Crippen LogP contribution in [0.4, 0.5) is 0 Å². The lowest BCUT2D eigenvalue weighted by molar-refractivity contribution is 0.0452. The Hall–Kier alpha value is -2.00. The highest BCUT2D eigenvalue weighted by Crippen LogP contribution is 2.27. The predicted molar refractivity (Wildman–Crippen MR) is 76.2 cm³/mol. The normalized spacial score (nSPS) is 13.8. The molecule has 0 bridgehead atoms. The van der Waals surface area contributed by atoms with Crippen molar-refractivity contribution in [3.8, 4) is 5.75 Å². The molecule has 2 N–H and O–H groups in total. The maximum absolute atomic E-state index is 9.90. The third-order valence-electron chi connectivity index (χ3n) is 2.96. The number of aliphatic hydroxyl groups is 1. The van der Waals surface area contributed by atoms with E-state index in [2.05, 4.69) is 11.6 Å². The van der Waals surface area contributed by atoms with Gasteiger partial charge in [0.2, 0.25) is 0 Å². The van der Waals surface area contributed by atoms with Gasteiger partial charge in [-0.15, -0.1) is 6.58 Å². The van der Waals surface area contributed by atoms with Crippen LogP contribution < -0.4 is 4.74 Å². The molecule has 2 rings (SSSR count). The van der Waals surface area contributed by atoms with Crippen LogP contribution in [-0.2, 0) is 6.42 Å². The molecule has 0 aliphatic carbocycles. The Bertz CT molecular complexity index is 517. The lowest BCUT2D eigenvalue weighted by Crippen LogP contribution is -2.21. The number of allylic oxidation sites excluding steroid dienone is 1. The molecule has 19 heavy (non-hydrogen) atoms. The zero-order valence-corrected chi connectivity index (χ0v) is 11.0. The fraction of sp³-hybridized carbons (Fsp3) is 0.250. The van der Waals surface area contributed by atoms with Gasteiger partial charge in [0.05, 0.1) is 11.8 Å². The molecule has 0 radical (unpaired) electrons. The molecule has 0 aliphatic heterocycles. The van der Waals surface area contributed by atoms with Crippen molar-refractivity contribution < 1.29 is 9.84 Å². The first-order valence-corrected chi connectivity index (χ1v) is 6.39. The van der Waals surface area contributed by atoms with E-state index in [0.29, 0.717) is 0 Å². The van der Waals surface area contributed by atoms with Crippen LogP contribution >= 0.6 is 0 Å². The lowest BCUT2D eigenvalue weighted by atomic mass is 10.1. The van der Waals surface area contributed by atoms with Crippen LogP contribution in [0.3, 0.4) is 0 Å². The van der Waals surface area contributed by atoms with Gasteiger partial charge in [-0.25, -0.2) is 0 Å². The number of hydrogen-bond acceptors (Lipinski definition) is 2. The Labute approximate surface area is 113 Å². The maximum atomic E-state index is 9.90. The summed E-state index contributed by atoms with van der Waals surface area (Å²) >= 11 is 0. The highest BCUT2D eigenvalue weighted by atomic mass is 16.5. The van der Waals surface area contributed by atoms with Gasteiger partial charge in [-0.3, -0.25) is 0 Å². The smallest absolute Gasteiger partial charge is 0.164 e. The Morgan fingerprint density at radius 2 is 2.11 bits per heavy atom. The summed E-state index contributed by atoms with van der Waals surface area (Å²) in [6, 6.07) is 11.6. The van der Waals surface area contributed by atoms with Crippen molar-refractivity contribution in [2.45, 2.75) is 25.6 Å². The highest BCUT2D eigenvalue weighted by molar-refractivity contribution is 5.35. The molecule has 1 aromatic heterocycles. The summed E-state index contributed by atoms with van der Waals surface area (Å²) in [5.41, 5.74) is 1.93. The van der Waals surface area contributed by atoms with E-state index in [-0.39, 0.29) is 0 Å². The lowest BCUT2D eigenvalue weighted by Gasteiger charge is -2.22. The number of H-pyrrole nitrogens is 1. The third kappa shape index (κ3) is 3.26. The van der Waals surface area contributed by atoms with Gasteiger partial charge in [0.1, 0.15) is 5.75 Å². The van der Waals surface area contributed by atoms with Crippen LogP contribution in [0.15, 0.2) is 55.3 Å². The molecule has 0 fully saturated rings. The molecule has 0 spiro atoms. The van der Waals surface area contributed by atoms with Gasteiger partial charge in [0.15, 0.2) is 6.10 Å². The monoisotopic (exact) mass is 257 g/mol. The molecule has 1 aromatic carbocycles. The second-order valence-corrected chi connectivity index (χ2v) is 4.51. The predicted octanol–water partition coefficient (Wildman–Crippen LogP) is 3.24. The van der Waals surface area contributed by atoms with Gasteiger partial charge in [-0.1, -0.05) is 24.3 Å². The Balaban J connectivity index is 2.25. The number of aromatic nitrogens is 1. The fourth-order valence-corrected chi connectivity index (χ4v) is 2.02. The zero-order chi connectivity index (χ0) is 13.7. The van der Waals surface area contributed by atoms with Crippen molar-refractivity contribution in [3.63, 3.8) is 0 Å². The number of aromatic amines is 1.